The van der Waals surface area contributed by atoms with Crippen molar-refractivity contribution in [1.82, 2.24) is 0 Å². The van der Waals surface area contributed by atoms with Gasteiger partial charge in [-0.2, -0.15) is 0 Å². The Kier molecular flexibility index (Phi) is 16.8. The number of benzene rings is 2. The van der Waals surface area contributed by atoms with Crippen LogP contribution in [0, 0.1) is 0 Å². The van der Waals surface area contributed by atoms with E-state index in [9.17, 15) is 25.9 Å². The first-order valence-electron chi connectivity index (χ1n) is 11.4. The zero-order valence-electron chi connectivity index (χ0n) is 21.2. The third-order valence-corrected chi connectivity index (χ3v) is 7.18. The molecule has 0 heterocycles. The Bertz CT molecular complexity index is 1050. The summed E-state index contributed by atoms with van der Waals surface area (Å²) >= 11 is 0. The van der Waals surface area contributed by atoms with E-state index in [0.29, 0.717) is 24.0 Å². The van der Waals surface area contributed by atoms with E-state index in [2.05, 4.69) is 13.8 Å². The number of ether oxygens (including phenoxy) is 1. The summed E-state index contributed by atoms with van der Waals surface area (Å²) in [7, 11) is -9.80. The zero-order valence-corrected chi connectivity index (χ0v) is 26.8. The van der Waals surface area contributed by atoms with Gasteiger partial charge in [-0.25, -0.2) is 16.8 Å². The topological polar surface area (TPSA) is 124 Å². The van der Waals surface area contributed by atoms with E-state index in [1.54, 1.807) is 12.1 Å². The quantitative estimate of drug-likeness (QED) is 0.180. The van der Waals surface area contributed by atoms with E-state index in [4.69, 9.17) is 4.74 Å². The maximum absolute atomic E-state index is 12.0. The second-order valence-corrected chi connectivity index (χ2v) is 10.8. The van der Waals surface area contributed by atoms with E-state index < -0.39 is 30.0 Å². The van der Waals surface area contributed by atoms with Crippen molar-refractivity contribution in [2.24, 2.45) is 0 Å². The molecular formula is C24H32Na2O7S2. The second kappa shape index (κ2) is 16.8. The molecule has 184 valence electrons. The number of hydrogen-bond donors (Lipinski definition) is 0. The maximum atomic E-state index is 12.0. The fourth-order valence-electron chi connectivity index (χ4n) is 3.73. The maximum Gasteiger partial charge on any atom is 1.00 e. The van der Waals surface area contributed by atoms with Gasteiger partial charge in [0.2, 0.25) is 0 Å². The van der Waals surface area contributed by atoms with E-state index in [0.717, 1.165) is 63.5 Å². The Hall–Kier alpha value is 0.0600. The molecular weight excluding hydrogens is 510 g/mol. The van der Waals surface area contributed by atoms with Gasteiger partial charge in [-0.15, -0.1) is 0 Å². The Labute approximate surface area is 254 Å². The van der Waals surface area contributed by atoms with Gasteiger partial charge in [0.15, 0.2) is 0 Å². The van der Waals surface area contributed by atoms with E-state index in [-0.39, 0.29) is 70.6 Å². The largest absolute Gasteiger partial charge is 1.00 e. The predicted molar refractivity (Wildman–Crippen MR) is 125 cm³/mol. The van der Waals surface area contributed by atoms with Crippen molar-refractivity contribution >= 4 is 20.2 Å². The number of hydrogen-bond acceptors (Lipinski definition) is 7. The van der Waals surface area contributed by atoms with Crippen LogP contribution in [0.5, 0.6) is 11.5 Å². The third kappa shape index (κ3) is 11.1. The monoisotopic (exact) mass is 542 g/mol. The standard InChI is InChI=1S/C24H34O7S2.2Na/c1-3-5-7-9-13-19-15-11-17-21(32(25,26)27)23(19)31-24-20(14-10-8-6-4-2)16-12-18-22(24)33(28,29)30;;/h11-12,15-18H,3-10,13-14H2,1-2H3,(H,25,26,27)(H,28,29,30);;/q;2*+1/p-2. The van der Waals surface area contributed by atoms with E-state index in [1.807, 2.05) is 0 Å². The third-order valence-electron chi connectivity index (χ3n) is 5.46. The number of aryl methyl sites for hydroxylation is 2. The average molecular weight is 543 g/mol. The van der Waals surface area contributed by atoms with Crippen molar-refractivity contribution in [2.75, 3.05) is 0 Å². The molecule has 0 radical (unpaired) electrons. The van der Waals surface area contributed by atoms with Gasteiger partial charge in [0.25, 0.3) is 0 Å². The molecule has 0 atom stereocenters. The molecule has 0 saturated heterocycles. The molecule has 2 aromatic carbocycles. The van der Waals surface area contributed by atoms with Crippen LogP contribution in [-0.4, -0.2) is 25.9 Å². The summed E-state index contributed by atoms with van der Waals surface area (Å²) in [5, 5.41) is 0. The molecule has 0 N–H and O–H groups in total. The van der Waals surface area contributed by atoms with Crippen molar-refractivity contribution in [3.05, 3.63) is 47.5 Å². The van der Waals surface area contributed by atoms with Crippen LogP contribution < -0.4 is 63.9 Å². The van der Waals surface area contributed by atoms with Gasteiger partial charge in [0.05, 0.1) is 9.79 Å². The minimum absolute atomic E-state index is 0. The normalized spacial score (nSPS) is 11.4. The molecule has 0 aliphatic carbocycles. The molecule has 35 heavy (non-hydrogen) atoms. The summed E-state index contributed by atoms with van der Waals surface area (Å²) in [4.78, 5) is -1.13. The van der Waals surface area contributed by atoms with Crippen LogP contribution in [0.2, 0.25) is 0 Å². The van der Waals surface area contributed by atoms with Gasteiger partial charge in [0, 0.05) is 0 Å². The summed E-state index contributed by atoms with van der Waals surface area (Å²) in [6.45, 7) is 4.14. The Balaban J connectivity index is 0.00000578. The van der Waals surface area contributed by atoms with Gasteiger partial charge < -0.3 is 13.8 Å². The Morgan fingerprint density at radius 1 is 0.629 bits per heavy atom. The summed E-state index contributed by atoms with van der Waals surface area (Å²) < 4.78 is 77.7. The molecule has 0 aromatic heterocycles. The van der Waals surface area contributed by atoms with E-state index >= 15 is 0 Å². The van der Waals surface area contributed by atoms with Gasteiger partial charge in [-0.05, 0) is 48.9 Å². The molecule has 11 heteroatoms. The Morgan fingerprint density at radius 2 is 1.00 bits per heavy atom. The fourth-order valence-corrected chi connectivity index (χ4v) is 5.02. The predicted octanol–water partition coefficient (Wildman–Crippen LogP) is -0.459. The van der Waals surface area contributed by atoms with Crippen LogP contribution in [0.25, 0.3) is 0 Å². The first-order valence-corrected chi connectivity index (χ1v) is 14.2. The molecule has 7 nitrogen and oxygen atoms in total. The molecule has 0 bridgehead atoms. The minimum Gasteiger partial charge on any atom is -0.744 e. The summed E-state index contributed by atoms with van der Waals surface area (Å²) in [5.41, 5.74) is 0.969. The van der Waals surface area contributed by atoms with Gasteiger partial charge in [-0.1, -0.05) is 76.6 Å². The number of unbranched alkanes of at least 4 members (excludes halogenated alkanes) is 6. The van der Waals surface area contributed by atoms with Gasteiger partial charge >= 0.3 is 59.1 Å². The summed E-state index contributed by atoms with van der Waals surface area (Å²) in [6.07, 6.45) is 8.30. The van der Waals surface area contributed by atoms with Crippen LogP contribution in [-0.2, 0) is 33.1 Å². The Morgan fingerprint density at radius 3 is 1.31 bits per heavy atom. The van der Waals surface area contributed by atoms with Crippen molar-refractivity contribution in [1.29, 1.82) is 0 Å². The molecule has 2 rings (SSSR count). The van der Waals surface area contributed by atoms with Crippen molar-refractivity contribution in [2.45, 2.75) is 87.8 Å². The van der Waals surface area contributed by atoms with Crippen LogP contribution in [0.3, 0.4) is 0 Å². The molecule has 0 aliphatic rings. The SMILES string of the molecule is CCCCCCc1cccc(S(=O)(=O)[O-])c1Oc1c(CCCCCC)cccc1S(=O)(=O)[O-].[Na+].[Na+]. The molecule has 0 fully saturated rings. The van der Waals surface area contributed by atoms with Crippen molar-refractivity contribution in [3.63, 3.8) is 0 Å². The fraction of sp³-hybridized carbons (Fsp3) is 0.500. The molecule has 0 aliphatic heterocycles. The molecule has 0 amide bonds. The zero-order chi connectivity index (χ0) is 24.5. The summed E-state index contributed by atoms with van der Waals surface area (Å²) in [5.74, 6) is -0.398. The number of para-hydroxylation sites is 2. The van der Waals surface area contributed by atoms with Crippen molar-refractivity contribution in [3.8, 4) is 11.5 Å². The molecule has 2 aromatic rings. The molecule has 0 spiro atoms. The summed E-state index contributed by atoms with van der Waals surface area (Å²) in [6, 6.07) is 8.53. The van der Waals surface area contributed by atoms with Crippen molar-refractivity contribution < 1.29 is 89.8 Å². The first-order chi connectivity index (χ1) is 15.6. The van der Waals surface area contributed by atoms with E-state index in [1.165, 1.54) is 12.1 Å². The van der Waals surface area contributed by atoms with Gasteiger partial charge in [-0.3, -0.25) is 0 Å². The van der Waals surface area contributed by atoms with Gasteiger partial charge in [0.1, 0.15) is 31.7 Å². The van der Waals surface area contributed by atoms with Crippen LogP contribution in [0.4, 0.5) is 0 Å². The number of rotatable bonds is 14. The second-order valence-electron chi connectivity index (χ2n) is 8.12. The van der Waals surface area contributed by atoms with Crippen LogP contribution in [0.15, 0.2) is 46.2 Å². The molecule has 0 unspecified atom stereocenters. The first kappa shape index (κ1) is 35.1. The molecule has 0 saturated carbocycles. The average Bonchev–Trinajstić information content (AvgIpc) is 2.74. The van der Waals surface area contributed by atoms with Crippen LogP contribution >= 0.6 is 0 Å². The minimum atomic E-state index is -4.90. The smallest absolute Gasteiger partial charge is 0.744 e. The van der Waals surface area contributed by atoms with Crippen LogP contribution in [0.1, 0.15) is 76.3 Å².